The summed E-state index contributed by atoms with van der Waals surface area (Å²) < 4.78 is 0. The van der Waals surface area contributed by atoms with Gasteiger partial charge in [-0.05, 0) is 31.9 Å². The molecule has 1 rings (SSSR count). The minimum atomic E-state index is 0.438. The number of aryl methyl sites for hydroxylation is 1. The normalized spacial score (nSPS) is 14.4. The van der Waals surface area contributed by atoms with Crippen molar-refractivity contribution in [2.24, 2.45) is 11.7 Å². The van der Waals surface area contributed by atoms with Gasteiger partial charge in [0.15, 0.2) is 0 Å². The number of rotatable bonds is 6. The molecule has 0 amide bonds. The van der Waals surface area contributed by atoms with Gasteiger partial charge in [-0.1, -0.05) is 38.0 Å². The van der Waals surface area contributed by atoms with Gasteiger partial charge in [0.1, 0.15) is 0 Å². The molecule has 0 spiro atoms. The maximum atomic E-state index is 5.95. The van der Waals surface area contributed by atoms with Crippen LogP contribution in [0.2, 0.25) is 0 Å². The maximum absolute atomic E-state index is 5.95. The van der Waals surface area contributed by atoms with Gasteiger partial charge in [-0.25, -0.2) is 0 Å². The average molecular weight is 234 g/mol. The fourth-order valence-corrected chi connectivity index (χ4v) is 2.28. The standard InChI is InChI=1S/C15H26N2/c1-5-13(4)15(11-16)17(6-2)14-9-7-12(3)8-10-14/h7-10,13,15H,5-6,11,16H2,1-4H3. The van der Waals surface area contributed by atoms with Crippen LogP contribution in [0.3, 0.4) is 0 Å². The predicted molar refractivity (Wildman–Crippen MR) is 76.5 cm³/mol. The summed E-state index contributed by atoms with van der Waals surface area (Å²) in [5.41, 5.74) is 8.54. The van der Waals surface area contributed by atoms with Gasteiger partial charge in [0.05, 0.1) is 0 Å². The lowest BCUT2D eigenvalue weighted by molar-refractivity contribution is 0.422. The van der Waals surface area contributed by atoms with Gasteiger partial charge in [0.25, 0.3) is 0 Å². The van der Waals surface area contributed by atoms with Crippen LogP contribution in [-0.2, 0) is 0 Å². The number of anilines is 1. The third-order valence-electron chi connectivity index (χ3n) is 3.65. The van der Waals surface area contributed by atoms with E-state index in [1.54, 1.807) is 0 Å². The summed E-state index contributed by atoms with van der Waals surface area (Å²) in [6, 6.07) is 9.17. The Hall–Kier alpha value is -1.02. The number of nitrogens with two attached hydrogens (primary N) is 1. The quantitative estimate of drug-likeness (QED) is 0.819. The first kappa shape index (κ1) is 14.0. The summed E-state index contributed by atoms with van der Waals surface area (Å²) in [7, 11) is 0. The van der Waals surface area contributed by atoms with E-state index in [0.29, 0.717) is 12.0 Å². The summed E-state index contributed by atoms with van der Waals surface area (Å²) in [5, 5.41) is 0. The Balaban J connectivity index is 2.92. The first-order valence-electron chi connectivity index (χ1n) is 6.67. The fourth-order valence-electron chi connectivity index (χ4n) is 2.28. The molecule has 0 aliphatic heterocycles. The largest absolute Gasteiger partial charge is 0.367 e. The van der Waals surface area contributed by atoms with Crippen LogP contribution < -0.4 is 10.6 Å². The Bertz CT molecular complexity index is 318. The molecule has 0 bridgehead atoms. The van der Waals surface area contributed by atoms with Gasteiger partial charge in [-0.2, -0.15) is 0 Å². The highest BCUT2D eigenvalue weighted by molar-refractivity contribution is 5.48. The molecule has 0 heterocycles. The topological polar surface area (TPSA) is 29.3 Å². The van der Waals surface area contributed by atoms with E-state index in [9.17, 15) is 0 Å². The van der Waals surface area contributed by atoms with E-state index in [-0.39, 0.29) is 0 Å². The average Bonchev–Trinajstić information content (AvgIpc) is 2.36. The minimum absolute atomic E-state index is 0.438. The highest BCUT2D eigenvalue weighted by atomic mass is 15.2. The zero-order valence-electron chi connectivity index (χ0n) is 11.6. The second-order valence-electron chi connectivity index (χ2n) is 4.81. The van der Waals surface area contributed by atoms with Gasteiger partial charge in [-0.15, -0.1) is 0 Å². The molecule has 1 aromatic rings. The number of nitrogens with zero attached hydrogens (tertiary/aromatic N) is 1. The molecular formula is C15H26N2. The lowest BCUT2D eigenvalue weighted by Gasteiger charge is -2.36. The van der Waals surface area contributed by atoms with Crippen molar-refractivity contribution in [3.8, 4) is 0 Å². The van der Waals surface area contributed by atoms with Crippen molar-refractivity contribution in [3.63, 3.8) is 0 Å². The summed E-state index contributed by atoms with van der Waals surface area (Å²) in [6.07, 6.45) is 1.17. The van der Waals surface area contributed by atoms with E-state index in [4.69, 9.17) is 5.73 Å². The molecule has 0 aromatic heterocycles. The van der Waals surface area contributed by atoms with Gasteiger partial charge in [0, 0.05) is 24.8 Å². The molecule has 0 saturated carbocycles. The van der Waals surface area contributed by atoms with E-state index in [0.717, 1.165) is 13.1 Å². The molecule has 2 N–H and O–H groups in total. The Labute approximate surface area is 106 Å². The molecule has 2 heteroatoms. The molecule has 1 aromatic carbocycles. The lowest BCUT2D eigenvalue weighted by atomic mass is 9.97. The fraction of sp³-hybridized carbons (Fsp3) is 0.600. The molecule has 0 aliphatic carbocycles. The van der Waals surface area contributed by atoms with E-state index < -0.39 is 0 Å². The summed E-state index contributed by atoms with van der Waals surface area (Å²) in [6.45, 7) is 10.6. The molecule has 96 valence electrons. The second kappa shape index (κ2) is 6.65. The molecule has 0 saturated heterocycles. The molecule has 0 radical (unpaired) electrons. The van der Waals surface area contributed by atoms with Crippen LogP contribution in [0, 0.1) is 12.8 Å². The highest BCUT2D eigenvalue weighted by Crippen LogP contribution is 2.22. The Morgan fingerprint density at radius 3 is 2.18 bits per heavy atom. The van der Waals surface area contributed by atoms with Crippen LogP contribution >= 0.6 is 0 Å². The van der Waals surface area contributed by atoms with Gasteiger partial charge < -0.3 is 10.6 Å². The van der Waals surface area contributed by atoms with Gasteiger partial charge in [-0.3, -0.25) is 0 Å². The van der Waals surface area contributed by atoms with Crippen molar-refractivity contribution in [1.82, 2.24) is 0 Å². The summed E-state index contributed by atoms with van der Waals surface area (Å²) in [5.74, 6) is 0.626. The smallest absolute Gasteiger partial charge is 0.0437 e. The third kappa shape index (κ3) is 3.47. The van der Waals surface area contributed by atoms with Crippen LogP contribution in [0.1, 0.15) is 32.8 Å². The van der Waals surface area contributed by atoms with Crippen LogP contribution in [0.5, 0.6) is 0 Å². The van der Waals surface area contributed by atoms with Crippen molar-refractivity contribution < 1.29 is 0 Å². The first-order valence-corrected chi connectivity index (χ1v) is 6.67. The lowest BCUT2D eigenvalue weighted by Crippen LogP contribution is -2.44. The highest BCUT2D eigenvalue weighted by Gasteiger charge is 2.21. The van der Waals surface area contributed by atoms with Crippen molar-refractivity contribution in [3.05, 3.63) is 29.8 Å². The van der Waals surface area contributed by atoms with Gasteiger partial charge in [0.2, 0.25) is 0 Å². The van der Waals surface area contributed by atoms with Crippen molar-refractivity contribution in [2.45, 2.75) is 40.2 Å². The summed E-state index contributed by atoms with van der Waals surface area (Å²) in [4.78, 5) is 2.42. The van der Waals surface area contributed by atoms with E-state index >= 15 is 0 Å². The molecule has 0 fully saturated rings. The zero-order valence-corrected chi connectivity index (χ0v) is 11.6. The van der Waals surface area contributed by atoms with Crippen LogP contribution in [0.15, 0.2) is 24.3 Å². The van der Waals surface area contributed by atoms with E-state index in [1.165, 1.54) is 17.7 Å². The SMILES string of the molecule is CCC(C)C(CN)N(CC)c1ccc(C)cc1. The van der Waals surface area contributed by atoms with Crippen LogP contribution in [0.4, 0.5) is 5.69 Å². The zero-order chi connectivity index (χ0) is 12.8. The summed E-state index contributed by atoms with van der Waals surface area (Å²) >= 11 is 0. The molecule has 2 unspecified atom stereocenters. The molecule has 0 aliphatic rings. The number of hydrogen-bond donors (Lipinski definition) is 1. The maximum Gasteiger partial charge on any atom is 0.0437 e. The van der Waals surface area contributed by atoms with E-state index in [2.05, 4.69) is 56.9 Å². The van der Waals surface area contributed by atoms with Crippen LogP contribution in [0.25, 0.3) is 0 Å². The van der Waals surface area contributed by atoms with Gasteiger partial charge >= 0.3 is 0 Å². The Morgan fingerprint density at radius 1 is 1.18 bits per heavy atom. The predicted octanol–water partition coefficient (Wildman–Crippen LogP) is 3.19. The molecule has 2 atom stereocenters. The molecule has 2 nitrogen and oxygen atoms in total. The third-order valence-corrected chi connectivity index (χ3v) is 3.65. The minimum Gasteiger partial charge on any atom is -0.367 e. The molecule has 17 heavy (non-hydrogen) atoms. The number of likely N-dealkylation sites (N-methyl/N-ethyl adjacent to an activating group) is 1. The monoisotopic (exact) mass is 234 g/mol. The Morgan fingerprint density at radius 2 is 1.76 bits per heavy atom. The van der Waals surface area contributed by atoms with Crippen LogP contribution in [-0.4, -0.2) is 19.1 Å². The molecular weight excluding hydrogens is 208 g/mol. The number of hydrogen-bond acceptors (Lipinski definition) is 2. The van der Waals surface area contributed by atoms with Crippen molar-refractivity contribution >= 4 is 5.69 Å². The number of benzene rings is 1. The van der Waals surface area contributed by atoms with E-state index in [1.807, 2.05) is 0 Å². The van der Waals surface area contributed by atoms with Crippen molar-refractivity contribution in [1.29, 1.82) is 0 Å². The second-order valence-corrected chi connectivity index (χ2v) is 4.81. The first-order chi connectivity index (χ1) is 8.13. The van der Waals surface area contributed by atoms with Crippen molar-refractivity contribution in [2.75, 3.05) is 18.0 Å². The Kier molecular flexibility index (Phi) is 5.49.